The van der Waals surface area contributed by atoms with Crippen LogP contribution in [0.25, 0.3) is 6.08 Å². The molecule has 0 saturated heterocycles. The van der Waals surface area contributed by atoms with E-state index in [0.29, 0.717) is 12.3 Å². The molecule has 2 N–H and O–H groups in total. The molecule has 2 amide bonds. The molecular weight excluding hydrogens is 326 g/mol. The molecule has 2 rings (SSSR count). The Morgan fingerprint density at radius 2 is 2.04 bits per heavy atom. The van der Waals surface area contributed by atoms with Crippen LogP contribution in [-0.2, 0) is 16.1 Å². The fourth-order valence-electron chi connectivity index (χ4n) is 1.93. The molecule has 6 nitrogen and oxygen atoms in total. The number of rotatable bonds is 7. The van der Waals surface area contributed by atoms with Crippen molar-refractivity contribution in [3.05, 3.63) is 52.0 Å². The highest BCUT2D eigenvalue weighted by molar-refractivity contribution is 7.09. The van der Waals surface area contributed by atoms with Gasteiger partial charge in [-0.25, -0.2) is 4.98 Å². The predicted octanol–water partition coefficient (Wildman–Crippen LogP) is 1.99. The van der Waals surface area contributed by atoms with Crippen LogP contribution in [0.3, 0.4) is 0 Å². The summed E-state index contributed by atoms with van der Waals surface area (Å²) >= 11 is 1.57. The standard InChI is InChI=1S/C17H19N3O3S/c1-12-19-14(11-24-12)9-20(2)17(22)8-5-13-3-6-15(7-4-13)23-10-16(18)21/h3-8,11H,9-10H2,1-2H3,(H2,18,21)/b8-5-. The fourth-order valence-corrected chi connectivity index (χ4v) is 2.53. The number of aryl methyl sites for hydroxylation is 1. The third-order valence-corrected chi connectivity index (χ3v) is 3.94. The van der Waals surface area contributed by atoms with Gasteiger partial charge in [0.25, 0.3) is 5.91 Å². The quantitative estimate of drug-likeness (QED) is 0.778. The van der Waals surface area contributed by atoms with Crippen LogP contribution >= 0.6 is 11.3 Å². The summed E-state index contributed by atoms with van der Waals surface area (Å²) in [4.78, 5) is 28.7. The number of amides is 2. The summed E-state index contributed by atoms with van der Waals surface area (Å²) in [5, 5.41) is 2.94. The smallest absolute Gasteiger partial charge is 0.255 e. The molecule has 7 heteroatoms. The zero-order valence-corrected chi connectivity index (χ0v) is 14.4. The number of nitrogens with zero attached hydrogens (tertiary/aromatic N) is 2. The lowest BCUT2D eigenvalue weighted by Crippen LogP contribution is -2.24. The van der Waals surface area contributed by atoms with E-state index in [1.807, 2.05) is 12.3 Å². The third-order valence-electron chi connectivity index (χ3n) is 3.12. The van der Waals surface area contributed by atoms with Crippen molar-refractivity contribution in [3.8, 4) is 5.75 Å². The van der Waals surface area contributed by atoms with Crippen LogP contribution in [-0.4, -0.2) is 35.4 Å². The van der Waals surface area contributed by atoms with Crippen molar-refractivity contribution < 1.29 is 14.3 Å². The summed E-state index contributed by atoms with van der Waals surface area (Å²) in [7, 11) is 1.74. The van der Waals surface area contributed by atoms with Crippen molar-refractivity contribution in [2.24, 2.45) is 5.73 Å². The maximum Gasteiger partial charge on any atom is 0.255 e. The first kappa shape index (κ1) is 17.7. The molecule has 1 aromatic carbocycles. The SMILES string of the molecule is Cc1nc(CN(C)C(=O)/C=C\c2ccc(OCC(N)=O)cc2)cs1. The van der Waals surface area contributed by atoms with Gasteiger partial charge in [0.05, 0.1) is 17.2 Å². The number of hydrogen-bond donors (Lipinski definition) is 1. The maximum absolute atomic E-state index is 12.1. The molecule has 0 atom stereocenters. The Hall–Kier alpha value is -2.67. The number of ether oxygens (including phenoxy) is 1. The first-order valence-electron chi connectivity index (χ1n) is 7.29. The van der Waals surface area contributed by atoms with E-state index in [1.54, 1.807) is 53.6 Å². The number of carbonyl (C=O) groups is 2. The lowest BCUT2D eigenvalue weighted by Gasteiger charge is -2.13. The zero-order valence-electron chi connectivity index (χ0n) is 13.6. The molecule has 0 saturated carbocycles. The number of nitrogens with two attached hydrogens (primary N) is 1. The number of carbonyl (C=O) groups excluding carboxylic acids is 2. The van der Waals surface area contributed by atoms with Crippen molar-refractivity contribution in [2.75, 3.05) is 13.7 Å². The lowest BCUT2D eigenvalue weighted by atomic mass is 10.2. The first-order chi connectivity index (χ1) is 11.4. The molecule has 1 heterocycles. The van der Waals surface area contributed by atoms with Gasteiger partial charge < -0.3 is 15.4 Å². The molecule has 0 fully saturated rings. The van der Waals surface area contributed by atoms with Crippen LogP contribution < -0.4 is 10.5 Å². The number of thiazole rings is 1. The molecule has 0 unspecified atom stereocenters. The average Bonchev–Trinajstić information content (AvgIpc) is 2.96. The summed E-state index contributed by atoms with van der Waals surface area (Å²) in [5.41, 5.74) is 6.76. The highest BCUT2D eigenvalue weighted by Crippen LogP contribution is 2.14. The zero-order chi connectivity index (χ0) is 17.5. The van der Waals surface area contributed by atoms with Gasteiger partial charge in [-0.3, -0.25) is 9.59 Å². The minimum Gasteiger partial charge on any atom is -0.484 e. The minimum absolute atomic E-state index is 0.102. The highest BCUT2D eigenvalue weighted by atomic mass is 32.1. The average molecular weight is 345 g/mol. The van der Waals surface area contributed by atoms with Crippen molar-refractivity contribution in [2.45, 2.75) is 13.5 Å². The molecule has 0 radical (unpaired) electrons. The normalized spacial score (nSPS) is 10.8. The van der Waals surface area contributed by atoms with Crippen LogP contribution in [0.5, 0.6) is 5.75 Å². The lowest BCUT2D eigenvalue weighted by molar-refractivity contribution is -0.125. The molecule has 0 aliphatic heterocycles. The van der Waals surface area contributed by atoms with Crippen molar-refractivity contribution in [1.82, 2.24) is 9.88 Å². The third kappa shape index (κ3) is 5.51. The molecule has 1 aromatic heterocycles. The second-order valence-corrected chi connectivity index (χ2v) is 6.27. The van der Waals surface area contributed by atoms with Crippen LogP contribution in [0.15, 0.2) is 35.7 Å². The maximum atomic E-state index is 12.1. The van der Waals surface area contributed by atoms with Gasteiger partial charge >= 0.3 is 0 Å². The second kappa shape index (κ2) is 8.26. The summed E-state index contributed by atoms with van der Waals surface area (Å²) in [6.45, 7) is 2.26. The van der Waals surface area contributed by atoms with Gasteiger partial charge in [-0.2, -0.15) is 0 Å². The van der Waals surface area contributed by atoms with Crippen LogP contribution in [0.4, 0.5) is 0 Å². The van der Waals surface area contributed by atoms with E-state index in [0.717, 1.165) is 16.3 Å². The Morgan fingerprint density at radius 3 is 2.62 bits per heavy atom. The van der Waals surface area contributed by atoms with E-state index < -0.39 is 5.91 Å². The molecule has 126 valence electrons. The molecular formula is C17H19N3O3S. The Balaban J connectivity index is 1.89. The summed E-state index contributed by atoms with van der Waals surface area (Å²) < 4.78 is 5.17. The van der Waals surface area contributed by atoms with E-state index in [-0.39, 0.29) is 12.5 Å². The van der Waals surface area contributed by atoms with Crippen LogP contribution in [0.2, 0.25) is 0 Å². The van der Waals surface area contributed by atoms with E-state index in [1.165, 1.54) is 6.08 Å². The van der Waals surface area contributed by atoms with E-state index in [2.05, 4.69) is 4.98 Å². The molecule has 0 aliphatic carbocycles. The summed E-state index contributed by atoms with van der Waals surface area (Å²) in [6, 6.07) is 7.03. The van der Waals surface area contributed by atoms with Crippen LogP contribution in [0, 0.1) is 6.92 Å². The van der Waals surface area contributed by atoms with Gasteiger partial charge in [0.2, 0.25) is 5.91 Å². The monoisotopic (exact) mass is 345 g/mol. The molecule has 0 aliphatic rings. The van der Waals surface area contributed by atoms with Crippen LogP contribution in [0.1, 0.15) is 16.3 Å². The summed E-state index contributed by atoms with van der Waals surface area (Å²) in [5.74, 6) is -0.0779. The van der Waals surface area contributed by atoms with Crippen molar-refractivity contribution in [1.29, 1.82) is 0 Å². The van der Waals surface area contributed by atoms with E-state index in [4.69, 9.17) is 10.5 Å². The Bertz CT molecular complexity index is 738. The van der Waals surface area contributed by atoms with Gasteiger partial charge in [0.15, 0.2) is 6.61 Å². The Labute approximate surface area is 144 Å². The van der Waals surface area contributed by atoms with E-state index >= 15 is 0 Å². The van der Waals surface area contributed by atoms with E-state index in [9.17, 15) is 9.59 Å². The second-order valence-electron chi connectivity index (χ2n) is 5.21. The number of aromatic nitrogens is 1. The Kier molecular flexibility index (Phi) is 6.08. The largest absolute Gasteiger partial charge is 0.484 e. The molecule has 0 bridgehead atoms. The van der Waals surface area contributed by atoms with Gasteiger partial charge in [0.1, 0.15) is 5.75 Å². The van der Waals surface area contributed by atoms with Crippen molar-refractivity contribution >= 4 is 29.2 Å². The Morgan fingerprint density at radius 1 is 1.33 bits per heavy atom. The van der Waals surface area contributed by atoms with Gasteiger partial charge in [-0.15, -0.1) is 11.3 Å². The first-order valence-corrected chi connectivity index (χ1v) is 8.17. The molecule has 0 spiro atoms. The predicted molar refractivity (Wildman–Crippen MR) is 93.5 cm³/mol. The number of primary amides is 1. The minimum atomic E-state index is -0.525. The van der Waals surface area contributed by atoms with Crippen molar-refractivity contribution in [3.63, 3.8) is 0 Å². The number of benzene rings is 1. The fraction of sp³-hybridized carbons (Fsp3) is 0.235. The molecule has 2 aromatic rings. The van der Waals surface area contributed by atoms with Gasteiger partial charge in [0, 0.05) is 18.5 Å². The van der Waals surface area contributed by atoms with Gasteiger partial charge in [-0.05, 0) is 30.7 Å². The number of hydrogen-bond acceptors (Lipinski definition) is 5. The molecule has 24 heavy (non-hydrogen) atoms. The number of likely N-dealkylation sites (N-methyl/N-ethyl adjacent to an activating group) is 1. The summed E-state index contributed by atoms with van der Waals surface area (Å²) in [6.07, 6.45) is 3.24. The van der Waals surface area contributed by atoms with Gasteiger partial charge in [-0.1, -0.05) is 12.1 Å². The highest BCUT2D eigenvalue weighted by Gasteiger charge is 2.08. The topological polar surface area (TPSA) is 85.5 Å².